The molecule has 0 aliphatic carbocycles. The molecule has 3 aromatic rings. The van der Waals surface area contributed by atoms with Crippen molar-refractivity contribution in [1.29, 1.82) is 0 Å². The lowest BCUT2D eigenvalue weighted by molar-refractivity contribution is -0.192. The molecule has 2 heterocycles. The minimum Gasteiger partial charge on any atom is -0.475 e. The summed E-state index contributed by atoms with van der Waals surface area (Å²) < 4.78 is 33.7. The van der Waals surface area contributed by atoms with E-state index in [1.165, 1.54) is 0 Å². The molecule has 6 nitrogen and oxygen atoms in total. The van der Waals surface area contributed by atoms with Crippen molar-refractivity contribution < 1.29 is 27.9 Å². The third-order valence-corrected chi connectivity index (χ3v) is 4.98. The monoisotopic (exact) mass is 445 g/mol. The van der Waals surface area contributed by atoms with E-state index >= 15 is 0 Å². The van der Waals surface area contributed by atoms with Gasteiger partial charge in [-0.05, 0) is 49.7 Å². The molecule has 0 atom stereocenters. The second kappa shape index (κ2) is 10.2. The molecule has 168 valence electrons. The Morgan fingerprint density at radius 2 is 1.62 bits per heavy atom. The van der Waals surface area contributed by atoms with Gasteiger partial charge in [-0.3, -0.25) is 9.36 Å². The highest BCUT2D eigenvalue weighted by molar-refractivity contribution is 5.99. The van der Waals surface area contributed by atoms with Crippen molar-refractivity contribution in [2.45, 2.75) is 19.0 Å². The smallest absolute Gasteiger partial charge is 0.475 e. The van der Waals surface area contributed by atoms with Gasteiger partial charge in [-0.25, -0.2) is 9.78 Å². The number of halogens is 3. The number of piperidine rings is 1. The van der Waals surface area contributed by atoms with E-state index in [1.807, 2.05) is 71.4 Å². The van der Waals surface area contributed by atoms with E-state index in [9.17, 15) is 18.0 Å². The summed E-state index contributed by atoms with van der Waals surface area (Å²) >= 11 is 0. The number of para-hydroxylation sites is 2. The molecule has 0 spiro atoms. The average Bonchev–Trinajstić information content (AvgIpc) is 3.17. The quantitative estimate of drug-likeness (QED) is 0.579. The van der Waals surface area contributed by atoms with Crippen molar-refractivity contribution in [3.05, 3.63) is 66.0 Å². The predicted molar refractivity (Wildman–Crippen MR) is 115 cm³/mol. The zero-order valence-electron chi connectivity index (χ0n) is 17.0. The number of nitrogens with zero attached hydrogens (tertiary/aromatic N) is 2. The van der Waals surface area contributed by atoms with E-state index in [-0.39, 0.29) is 11.7 Å². The number of aromatic nitrogens is 2. The van der Waals surface area contributed by atoms with Crippen LogP contribution in [0, 0.1) is 5.92 Å². The van der Waals surface area contributed by atoms with E-state index < -0.39 is 12.1 Å². The summed E-state index contributed by atoms with van der Waals surface area (Å²) in [4.78, 5) is 26.6. The minimum absolute atomic E-state index is 0.0573. The number of imidazole rings is 1. The molecule has 1 aliphatic heterocycles. The van der Waals surface area contributed by atoms with E-state index in [4.69, 9.17) is 9.90 Å². The first-order valence-corrected chi connectivity index (χ1v) is 10.0. The molecule has 4 rings (SSSR count). The fourth-order valence-electron chi connectivity index (χ4n) is 3.36. The van der Waals surface area contributed by atoms with Crippen LogP contribution in [0.3, 0.4) is 0 Å². The van der Waals surface area contributed by atoms with Crippen LogP contribution in [0.5, 0.6) is 0 Å². The first kappa shape index (κ1) is 23.2. The van der Waals surface area contributed by atoms with E-state index in [0.717, 1.165) is 42.5 Å². The summed E-state index contributed by atoms with van der Waals surface area (Å²) in [6.45, 7) is 1.80. The second-order valence-electron chi connectivity index (χ2n) is 7.21. The summed E-state index contributed by atoms with van der Waals surface area (Å²) in [5.74, 6) is -2.01. The number of hydrogen-bond donors (Lipinski definition) is 2. The number of aliphatic carboxylic acids is 1. The molecule has 0 radical (unpaired) electrons. The number of Topliss-reactive ketones (excluding diaryl/α,β-unsaturated/α-hetero) is 1. The Balaban J connectivity index is 0.000000360. The average molecular weight is 445 g/mol. The molecular weight excluding hydrogens is 423 g/mol. The number of carbonyl (C=O) groups is 2. The van der Waals surface area contributed by atoms with E-state index in [0.29, 0.717) is 5.82 Å². The number of alkyl halides is 3. The molecule has 2 aromatic carbocycles. The number of rotatable bonds is 4. The van der Waals surface area contributed by atoms with E-state index in [2.05, 4.69) is 10.3 Å². The first-order chi connectivity index (χ1) is 15.3. The Morgan fingerprint density at radius 1 is 1.03 bits per heavy atom. The lowest BCUT2D eigenvalue weighted by Crippen LogP contribution is -2.32. The van der Waals surface area contributed by atoms with Crippen LogP contribution in [0.4, 0.5) is 13.2 Å². The van der Waals surface area contributed by atoms with Gasteiger partial charge in [-0.15, -0.1) is 0 Å². The molecule has 1 aromatic heterocycles. The van der Waals surface area contributed by atoms with Crippen LogP contribution in [-0.2, 0) is 4.79 Å². The standard InChI is InChI=1S/C21H21N3O.C2HF3O2/c25-20(17-10-13-22-14-11-17)21-23-18-8-4-5-9-19(18)24(21)15-12-16-6-2-1-3-7-16;3-2(4,5)1(6)7/h1-9,12,15,17,22H,10-11,13-14H2;(H,6,7)/b15-12-;. The van der Waals surface area contributed by atoms with Crippen molar-refractivity contribution in [3.63, 3.8) is 0 Å². The number of ketones is 1. The van der Waals surface area contributed by atoms with Gasteiger partial charge in [-0.1, -0.05) is 42.5 Å². The molecule has 0 unspecified atom stereocenters. The topological polar surface area (TPSA) is 84.2 Å². The third-order valence-electron chi connectivity index (χ3n) is 4.98. The molecule has 32 heavy (non-hydrogen) atoms. The summed E-state index contributed by atoms with van der Waals surface area (Å²) in [5, 5.41) is 10.4. The van der Waals surface area contributed by atoms with Gasteiger partial charge in [0.15, 0.2) is 5.82 Å². The zero-order valence-corrected chi connectivity index (χ0v) is 17.0. The van der Waals surface area contributed by atoms with Crippen LogP contribution >= 0.6 is 0 Å². The van der Waals surface area contributed by atoms with Crippen LogP contribution in [0.2, 0.25) is 0 Å². The normalized spacial score (nSPS) is 14.8. The number of carboxylic acids is 1. The molecule has 0 amide bonds. The van der Waals surface area contributed by atoms with Gasteiger partial charge < -0.3 is 10.4 Å². The largest absolute Gasteiger partial charge is 0.490 e. The zero-order chi connectivity index (χ0) is 23.1. The van der Waals surface area contributed by atoms with Crippen molar-refractivity contribution in [1.82, 2.24) is 14.9 Å². The molecule has 0 saturated carbocycles. The lowest BCUT2D eigenvalue weighted by atomic mass is 9.93. The minimum atomic E-state index is -5.08. The number of carboxylic acid groups (broad SMARTS) is 1. The Bertz CT molecular complexity index is 1100. The second-order valence-corrected chi connectivity index (χ2v) is 7.21. The summed E-state index contributed by atoms with van der Waals surface area (Å²) in [5.41, 5.74) is 2.92. The summed E-state index contributed by atoms with van der Waals surface area (Å²) in [6, 6.07) is 18.0. The van der Waals surface area contributed by atoms with Crippen molar-refractivity contribution in [2.24, 2.45) is 5.92 Å². The van der Waals surface area contributed by atoms with Crippen molar-refractivity contribution >= 4 is 35.1 Å². The summed E-state index contributed by atoms with van der Waals surface area (Å²) in [6.07, 6.45) is 0.654. The van der Waals surface area contributed by atoms with Gasteiger partial charge in [0.25, 0.3) is 0 Å². The Labute approximate surface area is 182 Å². The third kappa shape index (κ3) is 5.82. The maximum atomic E-state index is 13.1. The summed E-state index contributed by atoms with van der Waals surface area (Å²) in [7, 11) is 0. The number of nitrogens with one attached hydrogen (secondary N) is 1. The van der Waals surface area contributed by atoms with Crippen molar-refractivity contribution in [3.8, 4) is 0 Å². The fraction of sp³-hybridized carbons (Fsp3) is 0.261. The Hall–Kier alpha value is -3.46. The highest BCUT2D eigenvalue weighted by Gasteiger charge is 2.38. The van der Waals surface area contributed by atoms with Gasteiger partial charge in [0.2, 0.25) is 5.78 Å². The van der Waals surface area contributed by atoms with Crippen LogP contribution in [0.1, 0.15) is 29.0 Å². The highest BCUT2D eigenvalue weighted by atomic mass is 19.4. The van der Waals surface area contributed by atoms with Crippen LogP contribution in [-0.4, -0.2) is 45.7 Å². The molecule has 9 heteroatoms. The molecule has 0 bridgehead atoms. The maximum Gasteiger partial charge on any atom is 0.490 e. The number of carbonyl (C=O) groups excluding carboxylic acids is 1. The van der Waals surface area contributed by atoms with Crippen molar-refractivity contribution in [2.75, 3.05) is 13.1 Å². The van der Waals surface area contributed by atoms with Gasteiger partial charge in [0.05, 0.1) is 11.0 Å². The van der Waals surface area contributed by atoms with Gasteiger partial charge in [-0.2, -0.15) is 13.2 Å². The van der Waals surface area contributed by atoms with Gasteiger partial charge >= 0.3 is 12.1 Å². The van der Waals surface area contributed by atoms with Gasteiger partial charge in [0, 0.05) is 12.1 Å². The van der Waals surface area contributed by atoms with Crippen LogP contribution in [0.15, 0.2) is 54.6 Å². The SMILES string of the molecule is O=C(O)C(F)(F)F.O=C(c1nc2ccccc2n1/C=C\c1ccccc1)C1CCNCC1. The molecule has 1 aliphatic rings. The van der Waals surface area contributed by atoms with Crippen LogP contribution < -0.4 is 5.32 Å². The van der Waals surface area contributed by atoms with E-state index in [1.54, 1.807) is 0 Å². The highest BCUT2D eigenvalue weighted by Crippen LogP contribution is 2.23. The number of hydrogen-bond acceptors (Lipinski definition) is 4. The Kier molecular flexibility index (Phi) is 7.42. The Morgan fingerprint density at radius 3 is 2.25 bits per heavy atom. The van der Waals surface area contributed by atoms with Crippen LogP contribution in [0.25, 0.3) is 23.3 Å². The lowest BCUT2D eigenvalue weighted by Gasteiger charge is -2.21. The number of benzene rings is 2. The fourth-order valence-corrected chi connectivity index (χ4v) is 3.36. The predicted octanol–water partition coefficient (Wildman–Crippen LogP) is 4.48. The molecular formula is C23H22F3N3O3. The first-order valence-electron chi connectivity index (χ1n) is 10.0. The molecule has 2 N–H and O–H groups in total. The molecule has 1 saturated heterocycles. The molecule has 1 fully saturated rings. The maximum absolute atomic E-state index is 13.1. The number of fused-ring (bicyclic) bond motifs is 1. The van der Waals surface area contributed by atoms with Gasteiger partial charge in [0.1, 0.15) is 0 Å².